The Morgan fingerprint density at radius 3 is 1.96 bits per heavy atom. The summed E-state index contributed by atoms with van der Waals surface area (Å²) in [6.07, 6.45) is 10.6. The third-order valence-corrected chi connectivity index (χ3v) is 4.54. The predicted molar refractivity (Wildman–Crippen MR) is 104 cm³/mol. The monoisotopic (exact) mass is 362 g/mol. The Morgan fingerprint density at radius 1 is 0.846 bits per heavy atom. The molecule has 1 aromatic rings. The van der Waals surface area contributed by atoms with Crippen molar-refractivity contribution >= 4 is 11.9 Å². The first-order chi connectivity index (χ1) is 12.6. The van der Waals surface area contributed by atoms with Crippen LogP contribution in [0.3, 0.4) is 0 Å². The molecule has 0 saturated carbocycles. The third-order valence-electron chi connectivity index (χ3n) is 4.54. The fourth-order valence-corrected chi connectivity index (χ4v) is 2.98. The average Bonchev–Trinajstić information content (AvgIpc) is 2.62. The van der Waals surface area contributed by atoms with E-state index in [0.29, 0.717) is 13.0 Å². The summed E-state index contributed by atoms with van der Waals surface area (Å²) in [5.74, 6) is -0.778. The number of aryl methyl sites for hydroxylation is 2. The SMILES string of the molecule is CCCCOC(=O)CCCCCc1ccccc1CCCCCC(=O)O. The number of rotatable bonds is 15. The van der Waals surface area contributed by atoms with Crippen LogP contribution in [-0.4, -0.2) is 23.7 Å². The maximum absolute atomic E-state index is 11.6. The number of hydrogen-bond acceptors (Lipinski definition) is 3. The van der Waals surface area contributed by atoms with E-state index < -0.39 is 5.97 Å². The van der Waals surface area contributed by atoms with E-state index >= 15 is 0 Å². The molecule has 0 fully saturated rings. The second-order valence-corrected chi connectivity index (χ2v) is 6.86. The minimum atomic E-state index is -0.709. The highest BCUT2D eigenvalue weighted by molar-refractivity contribution is 5.69. The van der Waals surface area contributed by atoms with Crippen LogP contribution in [0.25, 0.3) is 0 Å². The van der Waals surface area contributed by atoms with Crippen LogP contribution in [-0.2, 0) is 27.2 Å². The van der Waals surface area contributed by atoms with Crippen LogP contribution in [0.5, 0.6) is 0 Å². The van der Waals surface area contributed by atoms with Crippen LogP contribution in [0.4, 0.5) is 0 Å². The van der Waals surface area contributed by atoms with Crippen LogP contribution in [0.1, 0.15) is 82.3 Å². The summed E-state index contributed by atoms with van der Waals surface area (Å²) in [6.45, 7) is 2.64. The molecule has 0 radical (unpaired) electrons. The number of carboxylic acids is 1. The fourth-order valence-electron chi connectivity index (χ4n) is 2.98. The molecule has 0 amide bonds. The predicted octanol–water partition coefficient (Wildman–Crippen LogP) is 5.32. The highest BCUT2D eigenvalue weighted by Gasteiger charge is 2.05. The number of carboxylic acid groups (broad SMARTS) is 1. The molecule has 146 valence electrons. The second kappa shape index (κ2) is 14.3. The molecule has 0 heterocycles. The second-order valence-electron chi connectivity index (χ2n) is 6.86. The van der Waals surface area contributed by atoms with Gasteiger partial charge in [0.05, 0.1) is 6.61 Å². The lowest BCUT2D eigenvalue weighted by atomic mass is 9.97. The molecule has 0 atom stereocenters. The van der Waals surface area contributed by atoms with Gasteiger partial charge < -0.3 is 9.84 Å². The zero-order valence-corrected chi connectivity index (χ0v) is 16.2. The van der Waals surface area contributed by atoms with Crippen LogP contribution < -0.4 is 0 Å². The van der Waals surface area contributed by atoms with Crippen molar-refractivity contribution in [3.63, 3.8) is 0 Å². The number of carbonyl (C=O) groups excluding carboxylic acids is 1. The molecular formula is C22H34O4. The molecule has 0 bridgehead atoms. The van der Waals surface area contributed by atoms with Crippen molar-refractivity contribution in [2.45, 2.75) is 84.0 Å². The summed E-state index contributed by atoms with van der Waals surface area (Å²) >= 11 is 0. The Labute approximate surface area is 158 Å². The first-order valence-corrected chi connectivity index (χ1v) is 10.1. The van der Waals surface area contributed by atoms with Crippen LogP contribution in [0.15, 0.2) is 24.3 Å². The maximum atomic E-state index is 11.6. The molecule has 4 heteroatoms. The molecule has 0 unspecified atom stereocenters. The van der Waals surface area contributed by atoms with Gasteiger partial charge in [0.15, 0.2) is 0 Å². The minimum Gasteiger partial charge on any atom is -0.481 e. The number of esters is 1. The van der Waals surface area contributed by atoms with Gasteiger partial charge in [0, 0.05) is 12.8 Å². The number of aliphatic carboxylic acids is 1. The van der Waals surface area contributed by atoms with Gasteiger partial charge in [-0.05, 0) is 56.1 Å². The van der Waals surface area contributed by atoms with Gasteiger partial charge in [-0.3, -0.25) is 9.59 Å². The lowest BCUT2D eigenvalue weighted by Crippen LogP contribution is -2.05. The summed E-state index contributed by atoms with van der Waals surface area (Å²) in [6, 6.07) is 8.51. The van der Waals surface area contributed by atoms with E-state index in [1.165, 1.54) is 11.1 Å². The van der Waals surface area contributed by atoms with Gasteiger partial charge in [-0.2, -0.15) is 0 Å². The molecule has 0 aliphatic carbocycles. The molecule has 1 aromatic carbocycles. The molecule has 0 aromatic heterocycles. The van der Waals surface area contributed by atoms with Crippen LogP contribution in [0, 0.1) is 0 Å². The maximum Gasteiger partial charge on any atom is 0.305 e. The standard InChI is InChI=1S/C22H34O4/c1-2-3-18-26-22(25)17-9-5-7-13-20-15-11-10-14-19(20)12-6-4-8-16-21(23)24/h10-11,14-15H,2-9,12-13,16-18H2,1H3,(H,23,24). The van der Waals surface area contributed by atoms with Gasteiger partial charge in [-0.1, -0.05) is 50.5 Å². The molecule has 0 spiro atoms. The van der Waals surface area contributed by atoms with E-state index in [1.807, 2.05) is 0 Å². The third kappa shape index (κ3) is 10.9. The molecular weight excluding hydrogens is 328 g/mol. The van der Waals surface area contributed by atoms with Gasteiger partial charge in [0.1, 0.15) is 0 Å². The number of carbonyl (C=O) groups is 2. The largest absolute Gasteiger partial charge is 0.481 e. The summed E-state index contributed by atoms with van der Waals surface area (Å²) in [7, 11) is 0. The quantitative estimate of drug-likeness (QED) is 0.339. The lowest BCUT2D eigenvalue weighted by Gasteiger charge is -2.09. The lowest BCUT2D eigenvalue weighted by molar-refractivity contribution is -0.144. The van der Waals surface area contributed by atoms with E-state index in [1.54, 1.807) is 0 Å². The molecule has 0 aliphatic rings. The minimum absolute atomic E-state index is 0.0692. The molecule has 0 aliphatic heterocycles. The first kappa shape index (κ1) is 22.2. The zero-order valence-electron chi connectivity index (χ0n) is 16.2. The van der Waals surface area contributed by atoms with Crippen molar-refractivity contribution in [2.24, 2.45) is 0 Å². The summed E-state index contributed by atoms with van der Waals surface area (Å²) in [5, 5.41) is 8.67. The van der Waals surface area contributed by atoms with Gasteiger partial charge in [0.2, 0.25) is 0 Å². The Hall–Kier alpha value is -1.84. The van der Waals surface area contributed by atoms with Crippen LogP contribution in [0.2, 0.25) is 0 Å². The van der Waals surface area contributed by atoms with E-state index in [9.17, 15) is 9.59 Å². The number of unbranched alkanes of at least 4 members (excludes halogenated alkanes) is 5. The smallest absolute Gasteiger partial charge is 0.305 e. The van der Waals surface area contributed by atoms with Gasteiger partial charge in [0.25, 0.3) is 0 Å². The number of benzene rings is 1. The topological polar surface area (TPSA) is 63.6 Å². The molecule has 1 rings (SSSR count). The van der Waals surface area contributed by atoms with Crippen molar-refractivity contribution in [2.75, 3.05) is 6.61 Å². The summed E-state index contributed by atoms with van der Waals surface area (Å²) < 4.78 is 5.17. The van der Waals surface area contributed by atoms with Crippen molar-refractivity contribution in [3.05, 3.63) is 35.4 Å². The molecule has 1 N–H and O–H groups in total. The molecule has 0 saturated heterocycles. The fraction of sp³-hybridized carbons (Fsp3) is 0.636. The molecule has 26 heavy (non-hydrogen) atoms. The highest BCUT2D eigenvalue weighted by atomic mass is 16.5. The van der Waals surface area contributed by atoms with E-state index in [2.05, 4.69) is 31.2 Å². The Balaban J connectivity index is 2.20. The van der Waals surface area contributed by atoms with Gasteiger partial charge in [-0.25, -0.2) is 0 Å². The normalized spacial score (nSPS) is 10.7. The van der Waals surface area contributed by atoms with Crippen molar-refractivity contribution < 1.29 is 19.4 Å². The summed E-state index contributed by atoms with van der Waals surface area (Å²) in [5.41, 5.74) is 2.76. The molecule has 4 nitrogen and oxygen atoms in total. The number of ether oxygens (including phenoxy) is 1. The van der Waals surface area contributed by atoms with Crippen molar-refractivity contribution in [1.29, 1.82) is 0 Å². The average molecular weight is 363 g/mol. The van der Waals surface area contributed by atoms with E-state index in [4.69, 9.17) is 9.84 Å². The van der Waals surface area contributed by atoms with Gasteiger partial charge in [-0.15, -0.1) is 0 Å². The van der Waals surface area contributed by atoms with E-state index in [0.717, 1.165) is 64.2 Å². The zero-order chi connectivity index (χ0) is 19.0. The van der Waals surface area contributed by atoms with Crippen LogP contribution >= 0.6 is 0 Å². The Morgan fingerprint density at radius 2 is 1.42 bits per heavy atom. The number of hydrogen-bond donors (Lipinski definition) is 1. The first-order valence-electron chi connectivity index (χ1n) is 10.1. The summed E-state index contributed by atoms with van der Waals surface area (Å²) in [4.78, 5) is 22.1. The van der Waals surface area contributed by atoms with Gasteiger partial charge >= 0.3 is 11.9 Å². The van der Waals surface area contributed by atoms with Crippen molar-refractivity contribution in [1.82, 2.24) is 0 Å². The van der Waals surface area contributed by atoms with E-state index in [-0.39, 0.29) is 12.4 Å². The Bertz CT molecular complexity index is 525. The highest BCUT2D eigenvalue weighted by Crippen LogP contribution is 2.16. The van der Waals surface area contributed by atoms with Crippen molar-refractivity contribution in [3.8, 4) is 0 Å². The Kier molecular flexibility index (Phi) is 12.2.